The summed E-state index contributed by atoms with van der Waals surface area (Å²) in [5.41, 5.74) is 2.52. The zero-order chi connectivity index (χ0) is 24.0. The summed E-state index contributed by atoms with van der Waals surface area (Å²) in [4.78, 5) is 32.1. The molecule has 3 aromatic heterocycles. The zero-order valence-electron chi connectivity index (χ0n) is 18.9. The molecule has 1 fully saturated rings. The molecule has 0 aliphatic carbocycles. The first kappa shape index (κ1) is 22.8. The van der Waals surface area contributed by atoms with E-state index in [1.54, 1.807) is 36.9 Å². The molecule has 0 saturated carbocycles. The minimum absolute atomic E-state index is 0.155. The van der Waals surface area contributed by atoms with Gasteiger partial charge in [0.15, 0.2) is 0 Å². The van der Waals surface area contributed by atoms with Crippen molar-refractivity contribution in [3.8, 4) is 0 Å². The molecule has 10 heteroatoms. The lowest BCUT2D eigenvalue weighted by Crippen LogP contribution is -2.39. The van der Waals surface area contributed by atoms with E-state index >= 15 is 0 Å². The Balaban J connectivity index is 1.19. The average molecular weight is 490 g/mol. The van der Waals surface area contributed by atoms with Gasteiger partial charge in [0.2, 0.25) is 5.95 Å². The highest BCUT2D eigenvalue weighted by molar-refractivity contribution is 6.30. The van der Waals surface area contributed by atoms with Crippen LogP contribution in [0.15, 0.2) is 67.3 Å². The van der Waals surface area contributed by atoms with Crippen LogP contribution in [0.2, 0.25) is 5.02 Å². The number of halogens is 1. The predicted molar refractivity (Wildman–Crippen MR) is 136 cm³/mol. The molecule has 1 aromatic carbocycles. The molecule has 9 nitrogen and oxygen atoms in total. The third kappa shape index (κ3) is 5.75. The van der Waals surface area contributed by atoms with Gasteiger partial charge in [-0.3, -0.25) is 10.3 Å². The first-order valence-electron chi connectivity index (χ1n) is 11.4. The van der Waals surface area contributed by atoms with E-state index in [1.165, 1.54) is 0 Å². The number of carbonyl (C=O) groups is 1. The first-order valence-corrected chi connectivity index (χ1v) is 11.7. The topological polar surface area (TPSA) is 105 Å². The highest BCUT2D eigenvalue weighted by atomic mass is 35.5. The van der Waals surface area contributed by atoms with Crippen LogP contribution in [0.4, 0.5) is 22.2 Å². The fourth-order valence-corrected chi connectivity index (χ4v) is 4.11. The molecule has 0 atom stereocenters. The summed E-state index contributed by atoms with van der Waals surface area (Å²) in [5, 5.41) is 7.56. The molecule has 1 saturated heterocycles. The van der Waals surface area contributed by atoms with E-state index in [0.29, 0.717) is 49.1 Å². The van der Waals surface area contributed by atoms with Crippen molar-refractivity contribution in [3.05, 3.63) is 77.8 Å². The number of amides is 1. The van der Waals surface area contributed by atoms with E-state index < -0.39 is 6.09 Å². The van der Waals surface area contributed by atoms with E-state index in [0.717, 1.165) is 22.3 Å². The molecular formula is C25H24ClN7O2. The lowest BCUT2D eigenvalue weighted by molar-refractivity contribution is 0.0950. The Bertz CT molecular complexity index is 1300. The smallest absolute Gasteiger partial charge is 0.411 e. The van der Waals surface area contributed by atoms with Crippen molar-refractivity contribution in [2.75, 3.05) is 28.6 Å². The number of ether oxygens (including phenoxy) is 1. The summed E-state index contributed by atoms with van der Waals surface area (Å²) >= 11 is 5.95. The number of fused-ring (bicyclic) bond motifs is 1. The van der Waals surface area contributed by atoms with Crippen LogP contribution in [0.5, 0.6) is 0 Å². The summed E-state index contributed by atoms with van der Waals surface area (Å²) in [6, 6.07) is 13.1. The van der Waals surface area contributed by atoms with Crippen LogP contribution in [0.3, 0.4) is 0 Å². The standard InChI is InChI=1S/C25H24ClN7O2/c26-18-5-3-17(4-6-18)14-29-24-30-16-21-22(32-24)7-11-28-23(21)33-12-8-20(9-13-33)35-25(34)31-19-2-1-10-27-15-19/h1-7,10-11,15-16,20H,8-9,12-14H2,(H,31,34)(H,29,30,32). The number of pyridine rings is 2. The number of nitrogens with zero attached hydrogens (tertiary/aromatic N) is 5. The van der Waals surface area contributed by atoms with Crippen LogP contribution in [0, 0.1) is 0 Å². The van der Waals surface area contributed by atoms with Gasteiger partial charge in [0, 0.05) is 56.1 Å². The fourth-order valence-electron chi connectivity index (χ4n) is 3.98. The summed E-state index contributed by atoms with van der Waals surface area (Å²) in [7, 11) is 0. The second kappa shape index (κ2) is 10.5. The maximum Gasteiger partial charge on any atom is 0.411 e. The number of hydrogen-bond acceptors (Lipinski definition) is 8. The number of benzene rings is 1. The van der Waals surface area contributed by atoms with Gasteiger partial charge in [-0.2, -0.15) is 0 Å². The molecule has 1 aliphatic heterocycles. The van der Waals surface area contributed by atoms with Crippen LogP contribution in [-0.2, 0) is 11.3 Å². The molecule has 0 radical (unpaired) electrons. The van der Waals surface area contributed by atoms with Crippen molar-refractivity contribution in [1.29, 1.82) is 0 Å². The fraction of sp³-hybridized carbons (Fsp3) is 0.240. The molecule has 4 aromatic rings. The van der Waals surface area contributed by atoms with E-state index in [-0.39, 0.29) is 6.10 Å². The van der Waals surface area contributed by atoms with Gasteiger partial charge in [0.25, 0.3) is 0 Å². The highest BCUT2D eigenvalue weighted by Gasteiger charge is 2.24. The Morgan fingerprint density at radius 3 is 2.66 bits per heavy atom. The Labute approximate surface area is 207 Å². The Morgan fingerprint density at radius 1 is 1.06 bits per heavy atom. The Hall–Kier alpha value is -3.98. The second-order valence-corrected chi connectivity index (χ2v) is 8.64. The SMILES string of the molecule is O=C(Nc1cccnc1)OC1CCN(c2nccc3nc(NCc4ccc(Cl)cc4)ncc23)CC1. The molecule has 1 amide bonds. The zero-order valence-corrected chi connectivity index (χ0v) is 19.7. The van der Waals surface area contributed by atoms with Gasteiger partial charge in [-0.1, -0.05) is 23.7 Å². The van der Waals surface area contributed by atoms with Gasteiger partial charge in [-0.05, 0) is 35.9 Å². The number of piperidine rings is 1. The Kier molecular flexibility index (Phi) is 6.85. The summed E-state index contributed by atoms with van der Waals surface area (Å²) in [6.07, 6.45) is 7.59. The van der Waals surface area contributed by atoms with Crippen molar-refractivity contribution < 1.29 is 9.53 Å². The highest BCUT2D eigenvalue weighted by Crippen LogP contribution is 2.27. The third-order valence-corrected chi connectivity index (χ3v) is 6.03. The van der Waals surface area contributed by atoms with E-state index in [1.807, 2.05) is 30.3 Å². The summed E-state index contributed by atoms with van der Waals surface area (Å²) in [5.74, 6) is 1.39. The second-order valence-electron chi connectivity index (χ2n) is 8.20. The van der Waals surface area contributed by atoms with Crippen LogP contribution in [0.1, 0.15) is 18.4 Å². The van der Waals surface area contributed by atoms with Gasteiger partial charge < -0.3 is 15.0 Å². The van der Waals surface area contributed by atoms with Crippen LogP contribution in [0.25, 0.3) is 10.9 Å². The first-order chi connectivity index (χ1) is 17.1. The van der Waals surface area contributed by atoms with Gasteiger partial charge in [-0.25, -0.2) is 19.7 Å². The van der Waals surface area contributed by atoms with Gasteiger partial charge in [0.05, 0.1) is 22.8 Å². The maximum atomic E-state index is 12.2. The number of rotatable bonds is 6. The van der Waals surface area contributed by atoms with Crippen molar-refractivity contribution in [3.63, 3.8) is 0 Å². The third-order valence-electron chi connectivity index (χ3n) is 5.78. The predicted octanol–water partition coefficient (Wildman–Crippen LogP) is 4.90. The molecule has 0 bridgehead atoms. The van der Waals surface area contributed by atoms with Gasteiger partial charge >= 0.3 is 6.09 Å². The molecule has 1 aliphatic rings. The van der Waals surface area contributed by atoms with Crippen molar-refractivity contribution in [1.82, 2.24) is 19.9 Å². The van der Waals surface area contributed by atoms with Crippen LogP contribution >= 0.6 is 11.6 Å². The quantitative estimate of drug-likeness (QED) is 0.394. The molecule has 5 rings (SSSR count). The lowest BCUT2D eigenvalue weighted by atomic mass is 10.1. The normalized spacial score (nSPS) is 14.0. The number of anilines is 3. The number of nitrogens with one attached hydrogen (secondary N) is 2. The summed E-state index contributed by atoms with van der Waals surface area (Å²) in [6.45, 7) is 2.03. The molecule has 178 valence electrons. The molecule has 4 heterocycles. The van der Waals surface area contributed by atoms with Crippen molar-refractivity contribution in [2.45, 2.75) is 25.5 Å². The van der Waals surface area contributed by atoms with Crippen LogP contribution in [-0.4, -0.2) is 45.2 Å². The summed E-state index contributed by atoms with van der Waals surface area (Å²) < 4.78 is 5.59. The van der Waals surface area contributed by atoms with Gasteiger partial charge in [-0.15, -0.1) is 0 Å². The van der Waals surface area contributed by atoms with Crippen molar-refractivity contribution in [2.24, 2.45) is 0 Å². The molecule has 2 N–H and O–H groups in total. The van der Waals surface area contributed by atoms with Gasteiger partial charge in [0.1, 0.15) is 11.9 Å². The number of hydrogen-bond donors (Lipinski definition) is 2. The minimum atomic E-state index is -0.466. The maximum absolute atomic E-state index is 12.2. The van der Waals surface area contributed by atoms with Crippen molar-refractivity contribution >= 4 is 46.1 Å². The average Bonchev–Trinajstić information content (AvgIpc) is 2.89. The molecular weight excluding hydrogens is 466 g/mol. The van der Waals surface area contributed by atoms with E-state index in [9.17, 15) is 4.79 Å². The van der Waals surface area contributed by atoms with E-state index in [4.69, 9.17) is 16.3 Å². The molecule has 0 spiro atoms. The lowest BCUT2D eigenvalue weighted by Gasteiger charge is -2.32. The minimum Gasteiger partial charge on any atom is -0.446 e. The van der Waals surface area contributed by atoms with Crippen LogP contribution < -0.4 is 15.5 Å². The number of carbonyl (C=O) groups excluding carboxylic acids is 1. The largest absolute Gasteiger partial charge is 0.446 e. The monoisotopic (exact) mass is 489 g/mol. The Morgan fingerprint density at radius 2 is 1.89 bits per heavy atom. The number of aromatic nitrogens is 4. The molecule has 35 heavy (non-hydrogen) atoms. The molecule has 0 unspecified atom stereocenters. The van der Waals surface area contributed by atoms with E-state index in [2.05, 4.69) is 35.5 Å².